The SMILES string of the molecule is C=CCO[P+](=O)Oc1ccc([N+](=O)[O-])cc1. The van der Waals surface area contributed by atoms with Crippen LogP contribution in [0.25, 0.3) is 0 Å². The summed E-state index contributed by atoms with van der Waals surface area (Å²) in [6.07, 6.45) is 1.44. The number of benzene rings is 1. The van der Waals surface area contributed by atoms with Crippen LogP contribution in [0.5, 0.6) is 5.75 Å². The highest BCUT2D eigenvalue weighted by molar-refractivity contribution is 7.33. The zero-order valence-corrected chi connectivity index (χ0v) is 9.13. The maximum absolute atomic E-state index is 11.1. The molecule has 7 heteroatoms. The van der Waals surface area contributed by atoms with Crippen LogP contribution in [0.15, 0.2) is 36.9 Å². The molecule has 0 amide bonds. The third-order valence-corrected chi connectivity index (χ3v) is 2.25. The van der Waals surface area contributed by atoms with E-state index in [2.05, 4.69) is 6.58 Å². The highest BCUT2D eigenvalue weighted by atomic mass is 31.1. The Morgan fingerprint density at radius 1 is 1.44 bits per heavy atom. The first kappa shape index (κ1) is 12.3. The number of rotatable bonds is 6. The molecule has 0 saturated heterocycles. The van der Waals surface area contributed by atoms with Gasteiger partial charge in [0.05, 0.1) is 4.92 Å². The van der Waals surface area contributed by atoms with E-state index in [1.807, 2.05) is 0 Å². The highest BCUT2D eigenvalue weighted by Gasteiger charge is 2.21. The molecule has 1 rings (SSSR count). The van der Waals surface area contributed by atoms with Crippen LogP contribution in [0, 0.1) is 10.1 Å². The Kier molecular flexibility index (Phi) is 4.57. The largest absolute Gasteiger partial charge is 0.750 e. The minimum absolute atomic E-state index is 0.0606. The Bertz CT molecular complexity index is 403. The molecular formula is C9H9NO5P+. The lowest BCUT2D eigenvalue weighted by Gasteiger charge is -1.92. The van der Waals surface area contributed by atoms with E-state index in [0.29, 0.717) is 0 Å². The molecule has 0 radical (unpaired) electrons. The first-order valence-corrected chi connectivity index (χ1v) is 5.36. The van der Waals surface area contributed by atoms with Crippen molar-refractivity contribution in [2.24, 2.45) is 0 Å². The van der Waals surface area contributed by atoms with Gasteiger partial charge in [0.2, 0.25) is 0 Å². The van der Waals surface area contributed by atoms with Crippen LogP contribution in [0.3, 0.4) is 0 Å². The molecule has 0 aliphatic carbocycles. The maximum Gasteiger partial charge on any atom is 0.750 e. The topological polar surface area (TPSA) is 78.7 Å². The van der Waals surface area contributed by atoms with Gasteiger partial charge in [0.25, 0.3) is 5.69 Å². The quantitative estimate of drug-likeness (QED) is 0.331. The average Bonchev–Trinajstić information content (AvgIpc) is 2.27. The van der Waals surface area contributed by atoms with Gasteiger partial charge in [-0.1, -0.05) is 6.08 Å². The molecule has 6 nitrogen and oxygen atoms in total. The summed E-state index contributed by atoms with van der Waals surface area (Å²) in [5.41, 5.74) is -0.0606. The van der Waals surface area contributed by atoms with Gasteiger partial charge in [-0.3, -0.25) is 10.1 Å². The molecule has 0 aliphatic rings. The van der Waals surface area contributed by atoms with E-state index in [9.17, 15) is 14.7 Å². The van der Waals surface area contributed by atoms with Gasteiger partial charge < -0.3 is 0 Å². The molecule has 16 heavy (non-hydrogen) atoms. The molecule has 84 valence electrons. The molecule has 0 fully saturated rings. The van der Waals surface area contributed by atoms with Crippen LogP contribution < -0.4 is 4.52 Å². The van der Waals surface area contributed by atoms with E-state index in [4.69, 9.17) is 9.05 Å². The number of nitro groups is 1. The zero-order chi connectivity index (χ0) is 12.0. The van der Waals surface area contributed by atoms with Gasteiger partial charge in [-0.15, -0.1) is 11.1 Å². The molecular weight excluding hydrogens is 233 g/mol. The molecule has 0 bridgehead atoms. The molecule has 0 heterocycles. The molecule has 1 atom stereocenters. The van der Waals surface area contributed by atoms with Crippen LogP contribution in [0.1, 0.15) is 0 Å². The van der Waals surface area contributed by atoms with Crippen LogP contribution in [-0.2, 0) is 9.09 Å². The van der Waals surface area contributed by atoms with Gasteiger partial charge in [0, 0.05) is 16.7 Å². The minimum Gasteiger partial charge on any atom is -0.258 e. The van der Waals surface area contributed by atoms with E-state index < -0.39 is 13.2 Å². The third-order valence-electron chi connectivity index (χ3n) is 1.53. The van der Waals surface area contributed by atoms with Crippen LogP contribution in [0.4, 0.5) is 5.69 Å². The van der Waals surface area contributed by atoms with Crippen molar-refractivity contribution >= 4 is 13.9 Å². The summed E-state index contributed by atoms with van der Waals surface area (Å²) in [4.78, 5) is 9.82. The van der Waals surface area contributed by atoms with Crippen LogP contribution in [0.2, 0.25) is 0 Å². The number of hydrogen-bond donors (Lipinski definition) is 0. The number of nitrogens with zero attached hydrogens (tertiary/aromatic N) is 1. The van der Waals surface area contributed by atoms with Crippen molar-refractivity contribution in [3.05, 3.63) is 47.0 Å². The van der Waals surface area contributed by atoms with Gasteiger partial charge in [0.1, 0.15) is 6.61 Å². The lowest BCUT2D eigenvalue weighted by Crippen LogP contribution is -1.89. The predicted octanol–water partition coefficient (Wildman–Crippen LogP) is 2.83. The third kappa shape index (κ3) is 3.76. The van der Waals surface area contributed by atoms with E-state index in [-0.39, 0.29) is 18.0 Å². The molecule has 1 aromatic carbocycles. The fourth-order valence-electron chi connectivity index (χ4n) is 0.855. The Labute approximate surface area is 92.6 Å². The van der Waals surface area contributed by atoms with Gasteiger partial charge in [-0.25, -0.2) is 4.52 Å². The molecule has 0 N–H and O–H groups in total. The Balaban J connectivity index is 2.58. The molecule has 0 saturated carbocycles. The summed E-state index contributed by atoms with van der Waals surface area (Å²) in [5.74, 6) is 0.246. The Hall–Kier alpha value is -1.78. The van der Waals surface area contributed by atoms with Crippen molar-refractivity contribution in [1.29, 1.82) is 0 Å². The maximum atomic E-state index is 11.1. The minimum atomic E-state index is -2.28. The second-order valence-corrected chi connectivity index (χ2v) is 3.54. The van der Waals surface area contributed by atoms with Crippen LogP contribution in [-0.4, -0.2) is 11.5 Å². The van der Waals surface area contributed by atoms with E-state index in [1.54, 1.807) is 0 Å². The van der Waals surface area contributed by atoms with Crippen molar-refractivity contribution in [1.82, 2.24) is 0 Å². The van der Waals surface area contributed by atoms with Crippen molar-refractivity contribution < 1.29 is 18.5 Å². The summed E-state index contributed by atoms with van der Waals surface area (Å²) < 4.78 is 20.7. The lowest BCUT2D eigenvalue weighted by atomic mass is 10.3. The fraction of sp³-hybridized carbons (Fsp3) is 0.111. The second kappa shape index (κ2) is 5.95. The first-order valence-electron chi connectivity index (χ1n) is 4.27. The van der Waals surface area contributed by atoms with E-state index in [1.165, 1.54) is 30.3 Å². The number of hydrogen-bond acceptors (Lipinski definition) is 5. The summed E-state index contributed by atoms with van der Waals surface area (Å²) in [6, 6.07) is 5.21. The standard InChI is InChI=1S/C9H9NO5P/c1-2-7-14-16(13)15-9-5-3-8(4-6-9)10(11)12/h2-6H,1,7H2/q+1. The Morgan fingerprint density at radius 2 is 2.06 bits per heavy atom. The van der Waals surface area contributed by atoms with Crippen molar-refractivity contribution in [3.8, 4) is 5.75 Å². The molecule has 0 aromatic heterocycles. The monoisotopic (exact) mass is 242 g/mol. The Morgan fingerprint density at radius 3 is 2.56 bits per heavy atom. The predicted molar refractivity (Wildman–Crippen MR) is 57.5 cm³/mol. The first-order chi connectivity index (χ1) is 7.63. The average molecular weight is 242 g/mol. The number of non-ortho nitro benzene ring substituents is 1. The molecule has 1 unspecified atom stereocenters. The summed E-state index contributed by atoms with van der Waals surface area (Å²) >= 11 is 0. The van der Waals surface area contributed by atoms with Crippen molar-refractivity contribution in [3.63, 3.8) is 0 Å². The van der Waals surface area contributed by atoms with Crippen molar-refractivity contribution in [2.45, 2.75) is 0 Å². The van der Waals surface area contributed by atoms with Gasteiger partial charge in [-0.05, 0) is 12.1 Å². The summed E-state index contributed by atoms with van der Waals surface area (Å²) in [5, 5.41) is 10.3. The lowest BCUT2D eigenvalue weighted by molar-refractivity contribution is -0.384. The smallest absolute Gasteiger partial charge is 0.258 e. The number of nitro benzene ring substituents is 1. The summed E-state index contributed by atoms with van der Waals surface area (Å²) in [7, 11) is -2.28. The molecule has 1 aromatic rings. The summed E-state index contributed by atoms with van der Waals surface area (Å²) in [6.45, 7) is 3.50. The van der Waals surface area contributed by atoms with Crippen molar-refractivity contribution in [2.75, 3.05) is 6.61 Å². The highest BCUT2D eigenvalue weighted by Crippen LogP contribution is 2.28. The fourth-order valence-corrected chi connectivity index (χ4v) is 1.43. The van der Waals surface area contributed by atoms with E-state index >= 15 is 0 Å². The zero-order valence-electron chi connectivity index (χ0n) is 8.24. The van der Waals surface area contributed by atoms with E-state index in [0.717, 1.165) is 0 Å². The van der Waals surface area contributed by atoms with Gasteiger partial charge in [0.15, 0.2) is 5.75 Å². The van der Waals surface area contributed by atoms with Crippen LogP contribution >= 0.6 is 8.25 Å². The molecule has 0 spiro atoms. The van der Waals surface area contributed by atoms with Gasteiger partial charge >= 0.3 is 8.25 Å². The second-order valence-electron chi connectivity index (χ2n) is 2.65. The molecule has 0 aliphatic heterocycles. The van der Waals surface area contributed by atoms with Gasteiger partial charge in [-0.2, -0.15) is 0 Å². The normalized spacial score (nSPS) is 10.6.